The van der Waals surface area contributed by atoms with Crippen LogP contribution < -0.4 is 0 Å². The number of para-hydroxylation sites is 1. The first-order valence-corrected chi connectivity index (χ1v) is 5.36. The molecule has 0 bridgehead atoms. The molecule has 0 saturated heterocycles. The maximum absolute atomic E-state index is 13.5. The normalized spacial score (nSPS) is 15.6. The minimum Gasteiger partial charge on any atom is -0.318 e. The molecule has 0 unspecified atom stereocenters. The Morgan fingerprint density at radius 1 is 1.50 bits per heavy atom. The predicted octanol–water partition coefficient (Wildman–Crippen LogP) is 2.71. The number of imidazole rings is 1. The Kier molecular flexibility index (Phi) is 1.87. The Morgan fingerprint density at radius 2 is 2.25 bits per heavy atom. The number of Topliss-reactive ketones (excluding diaryl/α,β-unsaturated/α-hetero) is 1. The minimum absolute atomic E-state index is 0.109. The van der Waals surface area contributed by atoms with Gasteiger partial charge in [0.25, 0.3) is 0 Å². The highest BCUT2D eigenvalue weighted by Crippen LogP contribution is 2.39. The zero-order valence-electron chi connectivity index (χ0n) is 8.90. The van der Waals surface area contributed by atoms with Gasteiger partial charge >= 0.3 is 0 Å². The summed E-state index contributed by atoms with van der Waals surface area (Å²) in [6, 6.07) is 5.17. The van der Waals surface area contributed by atoms with Crippen LogP contribution in [0.3, 0.4) is 0 Å². The maximum Gasteiger partial charge on any atom is 0.195 e. The Morgan fingerprint density at radius 3 is 2.88 bits per heavy atom. The summed E-state index contributed by atoms with van der Waals surface area (Å²) in [6.07, 6.45) is 2.09. The highest BCUT2D eigenvalue weighted by atomic mass is 19.1. The topological polar surface area (TPSA) is 34.9 Å². The van der Waals surface area contributed by atoms with Crippen LogP contribution in [0.15, 0.2) is 18.2 Å². The molecule has 1 aromatic heterocycles. The number of ketones is 1. The summed E-state index contributed by atoms with van der Waals surface area (Å²) < 4.78 is 15.4. The largest absolute Gasteiger partial charge is 0.318 e. The fraction of sp³-hybridized carbons (Fsp3) is 0.333. The van der Waals surface area contributed by atoms with Gasteiger partial charge in [-0.1, -0.05) is 6.07 Å². The van der Waals surface area contributed by atoms with E-state index < -0.39 is 0 Å². The van der Waals surface area contributed by atoms with Crippen LogP contribution >= 0.6 is 0 Å². The first kappa shape index (κ1) is 9.51. The van der Waals surface area contributed by atoms with Gasteiger partial charge in [-0.25, -0.2) is 9.37 Å². The molecule has 1 aliphatic rings. The summed E-state index contributed by atoms with van der Waals surface area (Å²) in [5.41, 5.74) is 1.03. The van der Waals surface area contributed by atoms with Gasteiger partial charge in [0, 0.05) is 13.0 Å². The van der Waals surface area contributed by atoms with Crippen molar-refractivity contribution in [1.29, 1.82) is 0 Å². The second-order valence-corrected chi connectivity index (χ2v) is 4.20. The van der Waals surface area contributed by atoms with Crippen molar-refractivity contribution in [2.45, 2.75) is 25.8 Å². The van der Waals surface area contributed by atoms with Crippen LogP contribution in [0.5, 0.6) is 0 Å². The molecule has 3 nitrogen and oxygen atoms in total. The van der Waals surface area contributed by atoms with Gasteiger partial charge in [-0.15, -0.1) is 0 Å². The third kappa shape index (κ3) is 1.26. The predicted molar refractivity (Wildman–Crippen MR) is 58.0 cm³/mol. The zero-order valence-corrected chi connectivity index (χ0v) is 8.90. The van der Waals surface area contributed by atoms with Crippen molar-refractivity contribution >= 4 is 16.8 Å². The van der Waals surface area contributed by atoms with Crippen LogP contribution in [0.2, 0.25) is 0 Å². The molecule has 16 heavy (non-hydrogen) atoms. The van der Waals surface area contributed by atoms with Crippen molar-refractivity contribution < 1.29 is 9.18 Å². The number of hydrogen-bond acceptors (Lipinski definition) is 2. The number of carbonyl (C=O) groups excluding carboxylic acids is 1. The number of benzene rings is 1. The molecule has 3 rings (SSSR count). The summed E-state index contributed by atoms with van der Waals surface area (Å²) >= 11 is 0. The maximum atomic E-state index is 13.5. The molecule has 0 atom stereocenters. The summed E-state index contributed by atoms with van der Waals surface area (Å²) in [5, 5.41) is 0. The summed E-state index contributed by atoms with van der Waals surface area (Å²) in [6.45, 7) is 1.47. The van der Waals surface area contributed by atoms with Crippen LogP contribution in [0, 0.1) is 5.82 Å². The van der Waals surface area contributed by atoms with E-state index in [0.717, 1.165) is 18.4 Å². The van der Waals surface area contributed by atoms with Crippen molar-refractivity contribution in [3.8, 4) is 0 Å². The summed E-state index contributed by atoms with van der Waals surface area (Å²) in [7, 11) is 0. The van der Waals surface area contributed by atoms with Gasteiger partial charge in [0.05, 0.1) is 5.52 Å². The number of nitrogens with zero attached hydrogens (tertiary/aromatic N) is 2. The van der Waals surface area contributed by atoms with Gasteiger partial charge in [-0.3, -0.25) is 4.79 Å². The lowest BCUT2D eigenvalue weighted by Gasteiger charge is -2.04. The molecule has 0 radical (unpaired) electrons. The van der Waals surface area contributed by atoms with Gasteiger partial charge in [0.15, 0.2) is 17.4 Å². The fourth-order valence-corrected chi connectivity index (χ4v) is 2.03. The van der Waals surface area contributed by atoms with Crippen molar-refractivity contribution in [2.24, 2.45) is 0 Å². The highest BCUT2D eigenvalue weighted by molar-refractivity contribution is 5.95. The lowest BCUT2D eigenvalue weighted by molar-refractivity contribution is 0.1000. The van der Waals surface area contributed by atoms with E-state index >= 15 is 0 Å². The van der Waals surface area contributed by atoms with Gasteiger partial charge in [-0.05, 0) is 25.0 Å². The molecule has 1 heterocycles. The van der Waals surface area contributed by atoms with E-state index in [4.69, 9.17) is 0 Å². The first-order valence-electron chi connectivity index (χ1n) is 5.36. The first-order chi connectivity index (χ1) is 7.68. The van der Waals surface area contributed by atoms with Gasteiger partial charge in [0.2, 0.25) is 0 Å². The average molecular weight is 218 g/mol. The van der Waals surface area contributed by atoms with Crippen molar-refractivity contribution in [3.63, 3.8) is 0 Å². The van der Waals surface area contributed by atoms with Crippen LogP contribution in [-0.2, 0) is 0 Å². The lowest BCUT2D eigenvalue weighted by Crippen LogP contribution is -2.05. The molecule has 0 aliphatic heterocycles. The van der Waals surface area contributed by atoms with Crippen molar-refractivity contribution in [2.75, 3.05) is 0 Å². The summed E-state index contributed by atoms with van der Waals surface area (Å²) in [5.74, 6) is -0.0931. The van der Waals surface area contributed by atoms with E-state index in [1.807, 2.05) is 10.6 Å². The molecule has 2 aromatic rings. The third-order valence-electron chi connectivity index (χ3n) is 2.90. The van der Waals surface area contributed by atoms with E-state index in [-0.39, 0.29) is 11.6 Å². The Labute approximate surface area is 91.9 Å². The molecule has 1 saturated carbocycles. The third-order valence-corrected chi connectivity index (χ3v) is 2.90. The quantitative estimate of drug-likeness (QED) is 0.726. The smallest absolute Gasteiger partial charge is 0.195 e. The number of carbonyl (C=O) groups is 1. The number of hydrogen-bond donors (Lipinski definition) is 0. The molecule has 1 aliphatic carbocycles. The minimum atomic E-state index is -0.362. The molecule has 0 amide bonds. The molecular formula is C12H11FN2O. The Balaban J connectivity index is 2.37. The fourth-order valence-electron chi connectivity index (χ4n) is 2.03. The second-order valence-electron chi connectivity index (χ2n) is 4.20. The monoisotopic (exact) mass is 218 g/mol. The van der Waals surface area contributed by atoms with E-state index in [1.54, 1.807) is 6.07 Å². The van der Waals surface area contributed by atoms with E-state index in [9.17, 15) is 9.18 Å². The number of rotatable bonds is 2. The van der Waals surface area contributed by atoms with Crippen LogP contribution in [0.4, 0.5) is 4.39 Å². The van der Waals surface area contributed by atoms with E-state index in [0.29, 0.717) is 17.4 Å². The second kappa shape index (κ2) is 3.14. The van der Waals surface area contributed by atoms with Crippen LogP contribution in [-0.4, -0.2) is 15.3 Å². The van der Waals surface area contributed by atoms with Crippen LogP contribution in [0.25, 0.3) is 11.0 Å². The molecule has 1 fully saturated rings. The average Bonchev–Trinajstić information content (AvgIpc) is 2.99. The molecule has 0 spiro atoms. The molecule has 0 N–H and O–H groups in total. The van der Waals surface area contributed by atoms with Gasteiger partial charge in [0.1, 0.15) is 5.52 Å². The summed E-state index contributed by atoms with van der Waals surface area (Å²) in [4.78, 5) is 15.6. The molecule has 1 aromatic carbocycles. The van der Waals surface area contributed by atoms with E-state index in [2.05, 4.69) is 4.98 Å². The SMILES string of the molecule is CC(=O)c1nc2c(F)cccc2n1C1CC1. The van der Waals surface area contributed by atoms with E-state index in [1.165, 1.54) is 13.0 Å². The standard InChI is InChI=1S/C12H11FN2O/c1-7(16)12-14-11-9(13)3-2-4-10(11)15(12)8-5-6-8/h2-4,8H,5-6H2,1H3. The van der Waals surface area contributed by atoms with Gasteiger partial charge in [-0.2, -0.15) is 0 Å². The Hall–Kier alpha value is -1.71. The lowest BCUT2D eigenvalue weighted by atomic mass is 10.3. The zero-order chi connectivity index (χ0) is 11.3. The number of fused-ring (bicyclic) bond motifs is 1. The van der Waals surface area contributed by atoms with Crippen molar-refractivity contribution in [1.82, 2.24) is 9.55 Å². The molecule has 4 heteroatoms. The number of halogens is 1. The molecular weight excluding hydrogens is 207 g/mol. The Bertz CT molecular complexity index is 584. The van der Waals surface area contributed by atoms with Crippen molar-refractivity contribution in [3.05, 3.63) is 29.8 Å². The highest BCUT2D eigenvalue weighted by Gasteiger charge is 2.30. The molecule has 82 valence electrons. The number of aromatic nitrogens is 2. The van der Waals surface area contributed by atoms with Crippen LogP contribution in [0.1, 0.15) is 36.4 Å². The van der Waals surface area contributed by atoms with Gasteiger partial charge < -0.3 is 4.57 Å².